The molecule has 5 heteroatoms. The highest BCUT2D eigenvalue weighted by Gasteiger charge is 2.06. The number of benzene rings is 1. The van der Waals surface area contributed by atoms with Gasteiger partial charge in [-0.3, -0.25) is 9.63 Å². The molecular formula is C14H17NO3S. The van der Waals surface area contributed by atoms with Crippen LogP contribution in [0.4, 0.5) is 0 Å². The van der Waals surface area contributed by atoms with Crippen LogP contribution in [0.5, 0.6) is 5.75 Å². The molecular weight excluding hydrogens is 262 g/mol. The quantitative estimate of drug-likeness (QED) is 0.826. The maximum absolute atomic E-state index is 10.8. The van der Waals surface area contributed by atoms with Gasteiger partial charge in [-0.1, -0.05) is 6.92 Å². The largest absolute Gasteiger partial charge is 0.494 e. The third kappa shape index (κ3) is 3.68. The Hall–Kier alpha value is -1.59. The number of thiophene rings is 1. The summed E-state index contributed by atoms with van der Waals surface area (Å²) in [4.78, 5) is 15.9. The van der Waals surface area contributed by atoms with E-state index in [9.17, 15) is 4.79 Å². The Morgan fingerprint density at radius 1 is 1.42 bits per heavy atom. The van der Waals surface area contributed by atoms with Crippen LogP contribution in [-0.4, -0.2) is 12.5 Å². The first-order valence-corrected chi connectivity index (χ1v) is 7.10. The topological polar surface area (TPSA) is 47.6 Å². The number of hydroxylamine groups is 1. The molecule has 0 spiro atoms. The van der Waals surface area contributed by atoms with Crippen molar-refractivity contribution in [2.24, 2.45) is 0 Å². The van der Waals surface area contributed by atoms with E-state index in [0.717, 1.165) is 23.1 Å². The van der Waals surface area contributed by atoms with Crippen LogP contribution in [0.1, 0.15) is 25.8 Å². The molecule has 0 radical (unpaired) electrons. The second kappa shape index (κ2) is 6.54. The number of nitrogens with one attached hydrogen (secondary N) is 1. The molecule has 1 N–H and O–H groups in total. The Bertz CT molecular complexity index is 565. The number of rotatable bonds is 6. The second-order valence-corrected chi connectivity index (χ2v) is 5.13. The fourth-order valence-electron chi connectivity index (χ4n) is 1.70. The van der Waals surface area contributed by atoms with Gasteiger partial charge in [0, 0.05) is 17.0 Å². The number of amides is 1. The first-order valence-electron chi connectivity index (χ1n) is 6.22. The summed E-state index contributed by atoms with van der Waals surface area (Å²) in [5, 5.41) is 3.15. The molecule has 0 saturated heterocycles. The Kier molecular flexibility index (Phi) is 4.76. The fraction of sp³-hybridized carbons (Fsp3) is 0.357. The van der Waals surface area contributed by atoms with E-state index in [1.165, 1.54) is 11.6 Å². The van der Waals surface area contributed by atoms with Crippen molar-refractivity contribution in [3.8, 4) is 5.75 Å². The van der Waals surface area contributed by atoms with Crippen molar-refractivity contribution >= 4 is 27.3 Å². The average molecular weight is 279 g/mol. The molecule has 2 aromatic rings. The summed E-state index contributed by atoms with van der Waals surface area (Å²) in [6.07, 6.45) is 0.986. The van der Waals surface area contributed by atoms with E-state index in [2.05, 4.69) is 12.4 Å². The Labute approximate surface area is 116 Å². The third-order valence-electron chi connectivity index (χ3n) is 2.54. The molecule has 1 aromatic heterocycles. The van der Waals surface area contributed by atoms with Crippen LogP contribution in [0, 0.1) is 0 Å². The molecule has 0 saturated carbocycles. The predicted molar refractivity (Wildman–Crippen MR) is 76.2 cm³/mol. The molecule has 4 nitrogen and oxygen atoms in total. The summed E-state index contributed by atoms with van der Waals surface area (Å²) in [7, 11) is 0. The van der Waals surface area contributed by atoms with Gasteiger partial charge in [-0.05, 0) is 35.6 Å². The Morgan fingerprint density at radius 3 is 3.00 bits per heavy atom. The lowest BCUT2D eigenvalue weighted by atomic mass is 10.2. The van der Waals surface area contributed by atoms with Crippen LogP contribution in [0.15, 0.2) is 23.6 Å². The third-order valence-corrected chi connectivity index (χ3v) is 3.55. The SMILES string of the molecule is CCCOc1ccc2scc(CONC(C)=O)c2c1. The van der Waals surface area contributed by atoms with Crippen LogP contribution in [0.2, 0.25) is 0 Å². The minimum atomic E-state index is -0.202. The number of hydrogen-bond acceptors (Lipinski definition) is 4. The molecule has 0 aliphatic rings. The van der Waals surface area contributed by atoms with Crippen molar-refractivity contribution in [2.75, 3.05) is 6.61 Å². The smallest absolute Gasteiger partial charge is 0.240 e. The molecule has 0 aliphatic carbocycles. The van der Waals surface area contributed by atoms with Crippen LogP contribution < -0.4 is 10.2 Å². The molecule has 1 heterocycles. The zero-order valence-electron chi connectivity index (χ0n) is 11.1. The van der Waals surface area contributed by atoms with Crippen molar-refractivity contribution < 1.29 is 14.4 Å². The van der Waals surface area contributed by atoms with Gasteiger partial charge in [0.05, 0.1) is 6.61 Å². The van der Waals surface area contributed by atoms with Gasteiger partial charge in [0.25, 0.3) is 0 Å². The number of carbonyl (C=O) groups is 1. The molecule has 0 bridgehead atoms. The zero-order chi connectivity index (χ0) is 13.7. The van der Waals surface area contributed by atoms with E-state index >= 15 is 0 Å². The van der Waals surface area contributed by atoms with Gasteiger partial charge in [-0.2, -0.15) is 0 Å². The average Bonchev–Trinajstić information content (AvgIpc) is 2.79. The van der Waals surface area contributed by atoms with Crippen LogP contribution >= 0.6 is 11.3 Å². The summed E-state index contributed by atoms with van der Waals surface area (Å²) in [6.45, 7) is 4.57. The van der Waals surface area contributed by atoms with E-state index < -0.39 is 0 Å². The Morgan fingerprint density at radius 2 is 2.26 bits per heavy atom. The standard InChI is InChI=1S/C14H17NO3S/c1-3-6-17-12-4-5-14-13(7-12)11(9-19-14)8-18-15-10(2)16/h4-5,7,9H,3,6,8H2,1-2H3,(H,15,16). The van der Waals surface area contributed by atoms with E-state index in [-0.39, 0.29) is 5.91 Å². The highest BCUT2D eigenvalue weighted by Crippen LogP contribution is 2.30. The first-order chi connectivity index (χ1) is 9.20. The molecule has 1 aromatic carbocycles. The molecule has 1 amide bonds. The van der Waals surface area contributed by atoms with Crippen molar-refractivity contribution in [1.82, 2.24) is 5.48 Å². The number of fused-ring (bicyclic) bond motifs is 1. The van der Waals surface area contributed by atoms with Crippen molar-refractivity contribution in [2.45, 2.75) is 26.9 Å². The first kappa shape index (κ1) is 13.8. The lowest BCUT2D eigenvalue weighted by molar-refractivity contribution is -0.132. The van der Waals surface area contributed by atoms with E-state index in [1.54, 1.807) is 11.3 Å². The normalized spacial score (nSPS) is 10.6. The molecule has 2 rings (SSSR count). The van der Waals surface area contributed by atoms with Crippen LogP contribution in [-0.2, 0) is 16.2 Å². The molecule has 19 heavy (non-hydrogen) atoms. The van der Waals surface area contributed by atoms with E-state index in [0.29, 0.717) is 13.2 Å². The van der Waals surface area contributed by atoms with Gasteiger partial charge >= 0.3 is 0 Å². The lowest BCUT2D eigenvalue weighted by Crippen LogP contribution is -2.19. The summed E-state index contributed by atoms with van der Waals surface area (Å²) < 4.78 is 6.81. The fourth-order valence-corrected chi connectivity index (χ4v) is 2.63. The summed E-state index contributed by atoms with van der Waals surface area (Å²) in [5.74, 6) is 0.667. The van der Waals surface area contributed by atoms with E-state index in [4.69, 9.17) is 9.57 Å². The summed E-state index contributed by atoms with van der Waals surface area (Å²) in [5.41, 5.74) is 3.38. The summed E-state index contributed by atoms with van der Waals surface area (Å²) >= 11 is 1.66. The van der Waals surface area contributed by atoms with E-state index in [1.807, 2.05) is 23.6 Å². The summed E-state index contributed by atoms with van der Waals surface area (Å²) in [6, 6.07) is 6.05. The highest BCUT2D eigenvalue weighted by atomic mass is 32.1. The predicted octanol–water partition coefficient (Wildman–Crippen LogP) is 3.26. The number of ether oxygens (including phenoxy) is 1. The van der Waals surface area contributed by atoms with Crippen LogP contribution in [0.3, 0.4) is 0 Å². The molecule has 0 atom stereocenters. The Balaban J connectivity index is 2.12. The van der Waals surface area contributed by atoms with Gasteiger partial charge < -0.3 is 4.74 Å². The van der Waals surface area contributed by atoms with Gasteiger partial charge in [0.15, 0.2) is 0 Å². The van der Waals surface area contributed by atoms with Crippen LogP contribution in [0.25, 0.3) is 10.1 Å². The zero-order valence-corrected chi connectivity index (χ0v) is 11.9. The maximum Gasteiger partial charge on any atom is 0.240 e. The minimum absolute atomic E-state index is 0.202. The highest BCUT2D eigenvalue weighted by molar-refractivity contribution is 7.17. The van der Waals surface area contributed by atoms with Gasteiger partial charge in [-0.15, -0.1) is 11.3 Å². The molecule has 0 fully saturated rings. The minimum Gasteiger partial charge on any atom is -0.494 e. The van der Waals surface area contributed by atoms with Gasteiger partial charge in [0.1, 0.15) is 12.4 Å². The number of hydrogen-bond donors (Lipinski definition) is 1. The molecule has 0 aliphatic heterocycles. The monoisotopic (exact) mass is 279 g/mol. The second-order valence-electron chi connectivity index (χ2n) is 4.21. The molecule has 0 unspecified atom stereocenters. The lowest BCUT2D eigenvalue weighted by Gasteiger charge is -2.06. The van der Waals surface area contributed by atoms with Gasteiger partial charge in [0.2, 0.25) is 5.91 Å². The maximum atomic E-state index is 10.8. The number of carbonyl (C=O) groups excluding carboxylic acids is 1. The van der Waals surface area contributed by atoms with Crippen molar-refractivity contribution in [1.29, 1.82) is 0 Å². The van der Waals surface area contributed by atoms with Crippen molar-refractivity contribution in [3.05, 3.63) is 29.1 Å². The van der Waals surface area contributed by atoms with Gasteiger partial charge in [-0.25, -0.2) is 5.48 Å². The molecule has 102 valence electrons. The van der Waals surface area contributed by atoms with Crippen molar-refractivity contribution in [3.63, 3.8) is 0 Å².